The second-order valence-corrected chi connectivity index (χ2v) is 3.84. The molecule has 0 radical (unpaired) electrons. The van der Waals surface area contributed by atoms with Crippen molar-refractivity contribution in [3.8, 4) is 5.69 Å². The van der Waals surface area contributed by atoms with Gasteiger partial charge in [0.1, 0.15) is 0 Å². The van der Waals surface area contributed by atoms with Crippen LogP contribution in [-0.4, -0.2) is 20.9 Å². The standard InChI is InChI=1S/C10H7BrN2O2/c11-7-5-12-13(6-7)9-4-2-1-3-8(9)10(14)15/h1-6H,(H,14,15). The van der Waals surface area contributed by atoms with Crippen LogP contribution in [0.2, 0.25) is 0 Å². The van der Waals surface area contributed by atoms with Crippen LogP contribution in [0.25, 0.3) is 5.69 Å². The summed E-state index contributed by atoms with van der Waals surface area (Å²) in [7, 11) is 0. The summed E-state index contributed by atoms with van der Waals surface area (Å²) in [6, 6.07) is 6.72. The lowest BCUT2D eigenvalue weighted by molar-refractivity contribution is 0.0696. The lowest BCUT2D eigenvalue weighted by atomic mass is 10.2. The number of aromatic nitrogens is 2. The third-order valence-electron chi connectivity index (χ3n) is 1.93. The molecule has 5 heteroatoms. The predicted octanol–water partition coefficient (Wildman–Crippen LogP) is 2.33. The Morgan fingerprint density at radius 2 is 2.13 bits per heavy atom. The molecule has 0 spiro atoms. The number of carbonyl (C=O) groups is 1. The van der Waals surface area contributed by atoms with E-state index in [0.29, 0.717) is 5.69 Å². The molecule has 0 aliphatic heterocycles. The number of para-hydroxylation sites is 1. The number of hydrogen-bond donors (Lipinski definition) is 1. The normalized spacial score (nSPS) is 10.2. The maximum atomic E-state index is 10.9. The van der Waals surface area contributed by atoms with Gasteiger partial charge in [0.05, 0.1) is 21.9 Å². The second kappa shape index (κ2) is 3.86. The van der Waals surface area contributed by atoms with Crippen LogP contribution in [0.5, 0.6) is 0 Å². The van der Waals surface area contributed by atoms with Gasteiger partial charge in [-0.1, -0.05) is 12.1 Å². The largest absolute Gasteiger partial charge is 0.478 e. The maximum Gasteiger partial charge on any atom is 0.337 e. The van der Waals surface area contributed by atoms with Gasteiger partial charge in [0, 0.05) is 6.20 Å². The zero-order chi connectivity index (χ0) is 10.8. The van der Waals surface area contributed by atoms with Crippen LogP contribution in [0.15, 0.2) is 41.1 Å². The molecule has 1 N–H and O–H groups in total. The van der Waals surface area contributed by atoms with Crippen LogP contribution in [0.1, 0.15) is 10.4 Å². The summed E-state index contributed by atoms with van der Waals surface area (Å²) in [4.78, 5) is 10.9. The highest BCUT2D eigenvalue weighted by atomic mass is 79.9. The van der Waals surface area contributed by atoms with E-state index in [2.05, 4.69) is 21.0 Å². The number of rotatable bonds is 2. The number of nitrogens with zero attached hydrogens (tertiary/aromatic N) is 2. The minimum Gasteiger partial charge on any atom is -0.478 e. The third-order valence-corrected chi connectivity index (χ3v) is 2.34. The zero-order valence-corrected chi connectivity index (χ0v) is 9.18. The van der Waals surface area contributed by atoms with Crippen molar-refractivity contribution in [3.05, 3.63) is 46.7 Å². The molecule has 0 unspecified atom stereocenters. The first-order valence-corrected chi connectivity index (χ1v) is 5.00. The summed E-state index contributed by atoms with van der Waals surface area (Å²) < 4.78 is 2.33. The van der Waals surface area contributed by atoms with E-state index in [-0.39, 0.29) is 5.56 Å². The fourth-order valence-electron chi connectivity index (χ4n) is 1.29. The van der Waals surface area contributed by atoms with Gasteiger partial charge in [0.15, 0.2) is 0 Å². The highest BCUT2D eigenvalue weighted by Crippen LogP contribution is 2.16. The molecule has 1 aromatic carbocycles. The Morgan fingerprint density at radius 1 is 1.40 bits per heavy atom. The molecule has 1 aromatic heterocycles. The molecule has 0 aliphatic carbocycles. The van der Waals surface area contributed by atoms with Crippen molar-refractivity contribution in [3.63, 3.8) is 0 Å². The summed E-state index contributed by atoms with van der Waals surface area (Å²) in [5, 5.41) is 13.0. The summed E-state index contributed by atoms with van der Waals surface area (Å²) in [6.45, 7) is 0. The summed E-state index contributed by atoms with van der Waals surface area (Å²) in [5.74, 6) is -0.961. The number of halogens is 1. The molecule has 1 heterocycles. The molecule has 0 saturated carbocycles. The van der Waals surface area contributed by atoms with E-state index in [1.807, 2.05) is 0 Å². The molecule has 0 saturated heterocycles. The molecular formula is C10H7BrN2O2. The van der Waals surface area contributed by atoms with Crippen LogP contribution in [0.4, 0.5) is 0 Å². The van der Waals surface area contributed by atoms with Gasteiger partial charge < -0.3 is 5.11 Å². The first-order chi connectivity index (χ1) is 7.18. The number of carboxylic acids is 1. The highest BCUT2D eigenvalue weighted by Gasteiger charge is 2.10. The Morgan fingerprint density at radius 3 is 2.73 bits per heavy atom. The number of aromatic carboxylic acids is 1. The number of hydrogen-bond acceptors (Lipinski definition) is 2. The van der Waals surface area contributed by atoms with E-state index in [0.717, 1.165) is 4.47 Å². The van der Waals surface area contributed by atoms with E-state index in [9.17, 15) is 4.79 Å². The summed E-state index contributed by atoms with van der Waals surface area (Å²) >= 11 is 3.26. The van der Waals surface area contributed by atoms with Gasteiger partial charge in [-0.15, -0.1) is 0 Å². The van der Waals surface area contributed by atoms with Gasteiger partial charge in [0.2, 0.25) is 0 Å². The van der Waals surface area contributed by atoms with Crippen LogP contribution < -0.4 is 0 Å². The Hall–Kier alpha value is -1.62. The van der Waals surface area contributed by atoms with E-state index >= 15 is 0 Å². The van der Waals surface area contributed by atoms with Crippen LogP contribution in [0, 0.1) is 0 Å². The predicted molar refractivity (Wildman–Crippen MR) is 58.2 cm³/mol. The van der Waals surface area contributed by atoms with Crippen molar-refractivity contribution >= 4 is 21.9 Å². The minimum atomic E-state index is -0.961. The Balaban J connectivity index is 2.57. The Labute approximate surface area is 94.3 Å². The van der Waals surface area contributed by atoms with E-state index < -0.39 is 5.97 Å². The van der Waals surface area contributed by atoms with Gasteiger partial charge >= 0.3 is 5.97 Å². The second-order valence-electron chi connectivity index (χ2n) is 2.93. The fourth-order valence-corrected chi connectivity index (χ4v) is 1.57. The smallest absolute Gasteiger partial charge is 0.337 e. The van der Waals surface area contributed by atoms with Crippen molar-refractivity contribution in [1.29, 1.82) is 0 Å². The summed E-state index contributed by atoms with van der Waals surface area (Å²) in [5.41, 5.74) is 0.781. The van der Waals surface area contributed by atoms with E-state index in [1.165, 1.54) is 4.68 Å². The van der Waals surface area contributed by atoms with Crippen molar-refractivity contribution in [2.24, 2.45) is 0 Å². The Bertz CT molecular complexity index is 508. The molecule has 15 heavy (non-hydrogen) atoms. The molecule has 0 atom stereocenters. The molecule has 0 aliphatic rings. The quantitative estimate of drug-likeness (QED) is 0.908. The summed E-state index contributed by atoms with van der Waals surface area (Å²) in [6.07, 6.45) is 3.32. The number of benzene rings is 1. The van der Waals surface area contributed by atoms with E-state index in [4.69, 9.17) is 5.11 Å². The van der Waals surface area contributed by atoms with Crippen LogP contribution >= 0.6 is 15.9 Å². The lowest BCUT2D eigenvalue weighted by Crippen LogP contribution is -2.05. The van der Waals surface area contributed by atoms with Gasteiger partial charge in [-0.3, -0.25) is 0 Å². The van der Waals surface area contributed by atoms with Crippen LogP contribution in [-0.2, 0) is 0 Å². The topological polar surface area (TPSA) is 55.1 Å². The van der Waals surface area contributed by atoms with Crippen molar-refractivity contribution < 1.29 is 9.90 Å². The van der Waals surface area contributed by atoms with Gasteiger partial charge in [-0.05, 0) is 28.1 Å². The van der Waals surface area contributed by atoms with Gasteiger partial charge in [0.25, 0.3) is 0 Å². The fraction of sp³-hybridized carbons (Fsp3) is 0. The van der Waals surface area contributed by atoms with Crippen molar-refractivity contribution in [1.82, 2.24) is 9.78 Å². The molecule has 0 fully saturated rings. The average molecular weight is 267 g/mol. The molecule has 0 amide bonds. The van der Waals surface area contributed by atoms with Gasteiger partial charge in [-0.2, -0.15) is 5.10 Å². The molecule has 2 aromatic rings. The maximum absolute atomic E-state index is 10.9. The Kier molecular flexibility index (Phi) is 2.55. The van der Waals surface area contributed by atoms with Gasteiger partial charge in [-0.25, -0.2) is 9.48 Å². The SMILES string of the molecule is O=C(O)c1ccccc1-n1cc(Br)cn1. The molecule has 4 nitrogen and oxygen atoms in total. The van der Waals surface area contributed by atoms with Crippen molar-refractivity contribution in [2.75, 3.05) is 0 Å². The third kappa shape index (κ3) is 1.92. The lowest BCUT2D eigenvalue weighted by Gasteiger charge is -2.04. The average Bonchev–Trinajstić information content (AvgIpc) is 2.65. The van der Waals surface area contributed by atoms with Crippen LogP contribution in [0.3, 0.4) is 0 Å². The molecule has 76 valence electrons. The van der Waals surface area contributed by atoms with Crippen molar-refractivity contribution in [2.45, 2.75) is 0 Å². The molecule has 2 rings (SSSR count). The molecular weight excluding hydrogens is 260 g/mol. The zero-order valence-electron chi connectivity index (χ0n) is 7.59. The molecule has 0 bridgehead atoms. The van der Waals surface area contributed by atoms with E-state index in [1.54, 1.807) is 36.7 Å². The first-order valence-electron chi connectivity index (χ1n) is 4.21. The minimum absolute atomic E-state index is 0.230. The number of carboxylic acid groups (broad SMARTS) is 1. The highest BCUT2D eigenvalue weighted by molar-refractivity contribution is 9.10. The monoisotopic (exact) mass is 266 g/mol. The first kappa shape index (κ1) is 9.92.